The Balaban J connectivity index is 1.70. The van der Waals surface area contributed by atoms with Gasteiger partial charge >= 0.3 is 6.09 Å². The van der Waals surface area contributed by atoms with Crippen LogP contribution in [0.25, 0.3) is 11.1 Å². The predicted octanol–water partition coefficient (Wildman–Crippen LogP) is 6.21. The molecule has 0 aromatic heterocycles. The second-order valence-corrected chi connectivity index (χ2v) is 12.9. The molecule has 1 heterocycles. The van der Waals surface area contributed by atoms with Gasteiger partial charge in [-0.25, -0.2) is 13.6 Å². The average Bonchev–Trinajstić information content (AvgIpc) is 3.27. The van der Waals surface area contributed by atoms with Crippen LogP contribution in [-0.4, -0.2) is 63.1 Å². The Morgan fingerprint density at radius 3 is 2.39 bits per heavy atom. The maximum absolute atomic E-state index is 16.3. The van der Waals surface area contributed by atoms with Crippen molar-refractivity contribution in [2.45, 2.75) is 75.7 Å². The quantitative estimate of drug-likeness (QED) is 0.214. The van der Waals surface area contributed by atoms with Crippen LogP contribution in [-0.2, 0) is 5.60 Å². The van der Waals surface area contributed by atoms with Crippen molar-refractivity contribution < 1.29 is 43.2 Å². The van der Waals surface area contributed by atoms with Gasteiger partial charge in [-0.3, -0.25) is 4.79 Å². The van der Waals surface area contributed by atoms with Gasteiger partial charge in [0.05, 0.1) is 28.8 Å². The van der Waals surface area contributed by atoms with E-state index in [9.17, 15) is 24.9 Å². The lowest BCUT2D eigenvalue weighted by molar-refractivity contribution is -0.0250. The smallest absolute Gasteiger partial charge is 0.407 e. The molecule has 2 amide bonds. The molecule has 3 aromatic rings. The molecule has 2 aliphatic rings. The summed E-state index contributed by atoms with van der Waals surface area (Å²) in [7, 11) is 0. The van der Waals surface area contributed by atoms with E-state index in [1.165, 1.54) is 24.0 Å². The van der Waals surface area contributed by atoms with Gasteiger partial charge in [0.1, 0.15) is 18.2 Å². The molecule has 0 unspecified atom stereocenters. The van der Waals surface area contributed by atoms with Crippen LogP contribution in [0.2, 0.25) is 5.02 Å². The summed E-state index contributed by atoms with van der Waals surface area (Å²) in [5.74, 6) is -4.10. The van der Waals surface area contributed by atoms with Gasteiger partial charge in [-0.2, -0.15) is 0 Å². The minimum Gasteiger partial charge on any atom is -0.488 e. The van der Waals surface area contributed by atoms with Crippen LogP contribution in [0.5, 0.6) is 11.5 Å². The summed E-state index contributed by atoms with van der Waals surface area (Å²) in [6, 6.07) is 11.9. The van der Waals surface area contributed by atoms with E-state index in [-0.39, 0.29) is 41.3 Å². The molecule has 1 saturated carbocycles. The zero-order valence-corrected chi connectivity index (χ0v) is 26.5. The molecule has 3 atom stereocenters. The van der Waals surface area contributed by atoms with Crippen molar-refractivity contribution in [3.8, 4) is 22.6 Å². The van der Waals surface area contributed by atoms with E-state index >= 15 is 8.78 Å². The number of carbonyl (C=O) groups excluding carboxylic acids is 1. The standard InChI is InChI=1S/C34H37ClF2N2O7/c1-18(40)16-45-24-10-9-22(31(38)41)27(30(24)37)28-26-19(2)34(20-7-5-4-6-8-20,46-25(26)15-23(36)29(28)35)17-39(32(42)43)21-11-13-33(3,44)14-12-21/h4-10,15,18-19,21,40,44H,11-14,16-17H2,1-3H3,(H2,38,41)(H,42,43)/t18-,19-,21-,33-,34-/m0/s1. The number of hydrogen-bond donors (Lipinski definition) is 4. The van der Waals surface area contributed by atoms with Crippen molar-refractivity contribution in [1.82, 2.24) is 4.90 Å². The van der Waals surface area contributed by atoms with Gasteiger partial charge in [0.2, 0.25) is 5.91 Å². The number of benzene rings is 3. The zero-order chi connectivity index (χ0) is 33.6. The van der Waals surface area contributed by atoms with Crippen molar-refractivity contribution in [3.63, 3.8) is 0 Å². The Morgan fingerprint density at radius 1 is 1.15 bits per heavy atom. The highest BCUT2D eigenvalue weighted by Crippen LogP contribution is 2.57. The lowest BCUT2D eigenvalue weighted by atomic mass is 9.76. The molecule has 1 aliphatic heterocycles. The van der Waals surface area contributed by atoms with E-state index in [0.717, 1.165) is 6.07 Å². The third-order valence-electron chi connectivity index (χ3n) is 9.13. The number of rotatable bonds is 9. The SMILES string of the molecule is C[C@H](O)COc1ccc(C(N)=O)c(-c2c(Cl)c(F)cc3c2[C@H](C)[C@@](CN(C(=O)O)[C@H]2CC[C@](C)(O)CC2)(c2ccccc2)O3)c1F. The fourth-order valence-corrected chi connectivity index (χ4v) is 6.90. The molecule has 0 saturated heterocycles. The van der Waals surface area contributed by atoms with Crippen LogP contribution < -0.4 is 15.2 Å². The van der Waals surface area contributed by atoms with Gasteiger partial charge in [0.25, 0.3) is 0 Å². The van der Waals surface area contributed by atoms with Gasteiger partial charge in [0.15, 0.2) is 17.2 Å². The number of primary amides is 1. The fourth-order valence-electron chi connectivity index (χ4n) is 6.65. The first-order valence-corrected chi connectivity index (χ1v) is 15.5. The summed E-state index contributed by atoms with van der Waals surface area (Å²) < 4.78 is 44.0. The number of aliphatic hydroxyl groups excluding tert-OH is 1. The topological polar surface area (TPSA) is 143 Å². The van der Waals surface area contributed by atoms with E-state index in [4.69, 9.17) is 26.8 Å². The number of amides is 2. The number of ether oxygens (including phenoxy) is 2. The van der Waals surface area contributed by atoms with E-state index in [1.54, 1.807) is 44.2 Å². The van der Waals surface area contributed by atoms with Crippen molar-refractivity contribution in [3.05, 3.63) is 81.9 Å². The monoisotopic (exact) mass is 658 g/mol. The fraction of sp³-hybridized carbons (Fsp3) is 0.412. The minimum absolute atomic E-state index is 0.00436. The summed E-state index contributed by atoms with van der Waals surface area (Å²) in [5, 5.41) is 30.2. The third-order valence-corrected chi connectivity index (χ3v) is 9.50. The van der Waals surface area contributed by atoms with Crippen molar-refractivity contribution >= 4 is 23.6 Å². The largest absolute Gasteiger partial charge is 0.488 e. The number of nitrogens with two attached hydrogens (primary N) is 1. The highest BCUT2D eigenvalue weighted by atomic mass is 35.5. The molecule has 246 valence electrons. The van der Waals surface area contributed by atoms with Gasteiger partial charge in [-0.1, -0.05) is 48.9 Å². The normalized spacial score (nSPS) is 24.5. The molecule has 0 radical (unpaired) electrons. The van der Waals surface area contributed by atoms with Crippen LogP contribution in [0.15, 0.2) is 48.5 Å². The van der Waals surface area contributed by atoms with Gasteiger partial charge in [-0.15, -0.1) is 0 Å². The Labute approximate surface area is 270 Å². The first kappa shape index (κ1) is 33.4. The summed E-state index contributed by atoms with van der Waals surface area (Å²) >= 11 is 6.59. The molecule has 5 rings (SSSR count). The Kier molecular flexibility index (Phi) is 9.23. The highest BCUT2D eigenvalue weighted by Gasteiger charge is 2.52. The Hall–Kier alpha value is -3.93. The summed E-state index contributed by atoms with van der Waals surface area (Å²) in [4.78, 5) is 26.7. The van der Waals surface area contributed by atoms with Crippen molar-refractivity contribution in [1.29, 1.82) is 0 Å². The number of fused-ring (bicyclic) bond motifs is 1. The minimum atomic E-state index is -1.43. The molecule has 0 spiro atoms. The lowest BCUT2D eigenvalue weighted by Crippen LogP contribution is -2.53. The highest BCUT2D eigenvalue weighted by molar-refractivity contribution is 6.34. The predicted molar refractivity (Wildman–Crippen MR) is 167 cm³/mol. The van der Waals surface area contributed by atoms with Crippen LogP contribution in [0.1, 0.15) is 73.9 Å². The van der Waals surface area contributed by atoms with Gasteiger partial charge in [-0.05, 0) is 57.2 Å². The molecule has 5 N–H and O–H groups in total. The Morgan fingerprint density at radius 2 is 1.80 bits per heavy atom. The summed E-state index contributed by atoms with van der Waals surface area (Å²) in [6.45, 7) is 4.47. The molecular formula is C34H37ClF2N2O7. The molecule has 3 aromatic carbocycles. The van der Waals surface area contributed by atoms with E-state index in [1.807, 2.05) is 0 Å². The van der Waals surface area contributed by atoms with E-state index in [0.29, 0.717) is 31.2 Å². The number of hydrogen-bond acceptors (Lipinski definition) is 6. The van der Waals surface area contributed by atoms with Crippen LogP contribution in [0.4, 0.5) is 13.6 Å². The van der Waals surface area contributed by atoms with Crippen LogP contribution in [0, 0.1) is 11.6 Å². The van der Waals surface area contributed by atoms with Crippen molar-refractivity contribution in [2.75, 3.05) is 13.2 Å². The molecule has 1 fully saturated rings. The molecule has 46 heavy (non-hydrogen) atoms. The first-order valence-electron chi connectivity index (χ1n) is 15.1. The number of aliphatic hydroxyl groups is 2. The summed E-state index contributed by atoms with van der Waals surface area (Å²) in [5.41, 5.74) is 3.30. The average molecular weight is 659 g/mol. The van der Waals surface area contributed by atoms with Crippen molar-refractivity contribution in [2.24, 2.45) is 5.73 Å². The third kappa shape index (κ3) is 6.11. The zero-order valence-electron chi connectivity index (χ0n) is 25.7. The number of halogens is 3. The maximum atomic E-state index is 16.3. The number of nitrogens with zero attached hydrogens (tertiary/aromatic N) is 1. The molecular weight excluding hydrogens is 622 g/mol. The Bertz CT molecular complexity index is 1640. The second kappa shape index (κ2) is 12.7. The van der Waals surface area contributed by atoms with E-state index < -0.39 is 63.5 Å². The molecule has 12 heteroatoms. The summed E-state index contributed by atoms with van der Waals surface area (Å²) in [6.07, 6.45) is -0.474. The van der Waals surface area contributed by atoms with Crippen LogP contribution in [0.3, 0.4) is 0 Å². The molecule has 0 bridgehead atoms. The lowest BCUT2D eigenvalue weighted by Gasteiger charge is -2.43. The maximum Gasteiger partial charge on any atom is 0.407 e. The molecule has 9 nitrogen and oxygen atoms in total. The first-order chi connectivity index (χ1) is 21.7. The van der Waals surface area contributed by atoms with Gasteiger partial charge in [0, 0.05) is 34.7 Å². The second-order valence-electron chi connectivity index (χ2n) is 12.5. The van der Waals surface area contributed by atoms with Crippen LogP contribution >= 0.6 is 11.6 Å². The molecule has 1 aliphatic carbocycles. The van der Waals surface area contributed by atoms with Gasteiger partial charge < -0.3 is 35.4 Å². The number of carboxylic acid groups (broad SMARTS) is 1. The van der Waals surface area contributed by atoms with E-state index in [2.05, 4.69) is 0 Å². The number of carbonyl (C=O) groups is 2.